The molecule has 1 rings (SSSR count). The minimum atomic E-state index is -0.362. The highest BCUT2D eigenvalue weighted by molar-refractivity contribution is 6.23. The molecule has 0 aromatic carbocycles. The van der Waals surface area contributed by atoms with Gasteiger partial charge in [-0.25, -0.2) is 0 Å². The summed E-state index contributed by atoms with van der Waals surface area (Å²) in [6.45, 7) is 1.02. The standard InChI is InChI=1S/C7H17NOSi/c1-8-10-9-6-7-4-2-3-5-7/h7-8H,2-6,10H2,1H3. The van der Waals surface area contributed by atoms with Crippen molar-refractivity contribution in [3.63, 3.8) is 0 Å². The van der Waals surface area contributed by atoms with Crippen molar-refractivity contribution in [3.8, 4) is 0 Å². The summed E-state index contributed by atoms with van der Waals surface area (Å²) in [5.41, 5.74) is 0. The normalized spacial score (nSPS) is 21.3. The molecule has 3 heteroatoms. The number of hydrogen-bond acceptors (Lipinski definition) is 2. The van der Waals surface area contributed by atoms with E-state index in [1.54, 1.807) is 0 Å². The molecule has 0 bridgehead atoms. The third kappa shape index (κ3) is 2.81. The van der Waals surface area contributed by atoms with E-state index in [-0.39, 0.29) is 9.92 Å². The van der Waals surface area contributed by atoms with E-state index in [2.05, 4.69) is 4.98 Å². The summed E-state index contributed by atoms with van der Waals surface area (Å²) in [5.74, 6) is 0.890. The molecule has 0 aliphatic heterocycles. The molecule has 0 saturated heterocycles. The Labute approximate surface area is 65.4 Å². The Morgan fingerprint density at radius 2 is 2.20 bits per heavy atom. The summed E-state index contributed by atoms with van der Waals surface area (Å²) < 4.78 is 5.49. The van der Waals surface area contributed by atoms with E-state index >= 15 is 0 Å². The highest BCUT2D eigenvalue weighted by atomic mass is 28.2. The second-order valence-corrected chi connectivity index (χ2v) is 4.42. The van der Waals surface area contributed by atoms with Crippen molar-refractivity contribution in [2.45, 2.75) is 25.7 Å². The Balaban J connectivity index is 1.91. The highest BCUT2D eigenvalue weighted by Gasteiger charge is 2.13. The molecule has 0 spiro atoms. The summed E-state index contributed by atoms with van der Waals surface area (Å²) in [7, 11) is 1.61. The first-order valence-corrected chi connectivity index (χ1v) is 5.44. The van der Waals surface area contributed by atoms with E-state index in [1.807, 2.05) is 7.05 Å². The van der Waals surface area contributed by atoms with E-state index in [9.17, 15) is 0 Å². The van der Waals surface area contributed by atoms with E-state index in [0.29, 0.717) is 0 Å². The van der Waals surface area contributed by atoms with Crippen molar-refractivity contribution in [1.29, 1.82) is 0 Å². The van der Waals surface area contributed by atoms with Crippen LogP contribution in [0.5, 0.6) is 0 Å². The van der Waals surface area contributed by atoms with Gasteiger partial charge in [-0.1, -0.05) is 12.8 Å². The second-order valence-electron chi connectivity index (χ2n) is 3.02. The van der Waals surface area contributed by atoms with Gasteiger partial charge >= 0.3 is 0 Å². The first-order valence-electron chi connectivity index (χ1n) is 4.16. The van der Waals surface area contributed by atoms with Crippen LogP contribution in [0.1, 0.15) is 25.7 Å². The molecule has 1 aliphatic carbocycles. The summed E-state index contributed by atoms with van der Waals surface area (Å²) >= 11 is 0. The predicted octanol–water partition coefficient (Wildman–Crippen LogP) is 0.411. The molecule has 1 saturated carbocycles. The lowest BCUT2D eigenvalue weighted by atomic mass is 10.1. The molecule has 0 aromatic rings. The molecule has 0 radical (unpaired) electrons. The fraction of sp³-hybridized carbons (Fsp3) is 1.00. The van der Waals surface area contributed by atoms with Crippen molar-refractivity contribution in [2.75, 3.05) is 13.7 Å². The average molecular weight is 159 g/mol. The van der Waals surface area contributed by atoms with Gasteiger partial charge < -0.3 is 9.41 Å². The van der Waals surface area contributed by atoms with Crippen molar-refractivity contribution in [2.24, 2.45) is 5.92 Å². The average Bonchev–Trinajstić information content (AvgIpc) is 2.41. The van der Waals surface area contributed by atoms with Crippen LogP contribution in [0.15, 0.2) is 0 Å². The summed E-state index contributed by atoms with van der Waals surface area (Å²) in [4.78, 5) is 3.11. The Morgan fingerprint density at radius 1 is 1.50 bits per heavy atom. The zero-order valence-corrected chi connectivity index (χ0v) is 8.14. The first kappa shape index (κ1) is 8.24. The molecule has 0 heterocycles. The molecule has 0 atom stereocenters. The quantitative estimate of drug-likeness (QED) is 0.474. The predicted molar refractivity (Wildman–Crippen MR) is 45.5 cm³/mol. The fourth-order valence-corrected chi connectivity index (χ4v) is 2.16. The summed E-state index contributed by atoms with van der Waals surface area (Å²) in [6.07, 6.45) is 5.65. The molecule has 0 unspecified atom stereocenters. The van der Waals surface area contributed by atoms with Gasteiger partial charge in [0.15, 0.2) is 0 Å². The third-order valence-corrected chi connectivity index (χ3v) is 2.80. The van der Waals surface area contributed by atoms with Gasteiger partial charge in [0.25, 0.3) is 0 Å². The molecule has 0 amide bonds. The molecule has 1 N–H and O–H groups in total. The molecule has 10 heavy (non-hydrogen) atoms. The molecular weight excluding hydrogens is 142 g/mol. The zero-order chi connectivity index (χ0) is 7.23. The minimum Gasteiger partial charge on any atom is -0.408 e. The van der Waals surface area contributed by atoms with Crippen LogP contribution in [0.2, 0.25) is 0 Å². The smallest absolute Gasteiger partial charge is 0.235 e. The van der Waals surface area contributed by atoms with Crippen LogP contribution < -0.4 is 4.98 Å². The zero-order valence-electron chi connectivity index (χ0n) is 6.73. The molecular formula is C7H17NOSi. The van der Waals surface area contributed by atoms with E-state index < -0.39 is 0 Å². The highest BCUT2D eigenvalue weighted by Crippen LogP contribution is 2.24. The monoisotopic (exact) mass is 159 g/mol. The van der Waals surface area contributed by atoms with Gasteiger partial charge in [0.05, 0.1) is 0 Å². The van der Waals surface area contributed by atoms with Crippen molar-refractivity contribution < 1.29 is 4.43 Å². The SMILES string of the molecule is CN[SiH2]OCC1CCCC1. The van der Waals surface area contributed by atoms with Crippen molar-refractivity contribution >= 4 is 9.92 Å². The van der Waals surface area contributed by atoms with Gasteiger partial charge in [-0.15, -0.1) is 0 Å². The maximum absolute atomic E-state index is 5.49. The van der Waals surface area contributed by atoms with Gasteiger partial charge in [0.1, 0.15) is 0 Å². The van der Waals surface area contributed by atoms with Gasteiger partial charge in [0.2, 0.25) is 9.92 Å². The van der Waals surface area contributed by atoms with E-state index in [1.165, 1.54) is 25.7 Å². The lowest BCUT2D eigenvalue weighted by molar-refractivity contribution is 0.260. The van der Waals surface area contributed by atoms with Crippen LogP contribution in [0.3, 0.4) is 0 Å². The summed E-state index contributed by atoms with van der Waals surface area (Å²) in [6, 6.07) is 0. The largest absolute Gasteiger partial charge is 0.408 e. The Hall–Kier alpha value is 0.137. The number of hydrogen-bond donors (Lipinski definition) is 1. The lowest BCUT2D eigenvalue weighted by Crippen LogP contribution is -2.19. The van der Waals surface area contributed by atoms with Gasteiger partial charge in [0, 0.05) is 6.61 Å². The van der Waals surface area contributed by atoms with Gasteiger partial charge in [-0.3, -0.25) is 0 Å². The van der Waals surface area contributed by atoms with Crippen molar-refractivity contribution in [3.05, 3.63) is 0 Å². The molecule has 1 fully saturated rings. The molecule has 60 valence electrons. The van der Waals surface area contributed by atoms with Crippen LogP contribution in [-0.2, 0) is 4.43 Å². The Bertz CT molecular complexity index is 83.7. The number of nitrogens with one attached hydrogen (secondary N) is 1. The van der Waals surface area contributed by atoms with E-state index in [0.717, 1.165) is 12.5 Å². The topological polar surface area (TPSA) is 21.3 Å². The van der Waals surface area contributed by atoms with Gasteiger partial charge in [-0.2, -0.15) is 0 Å². The second kappa shape index (κ2) is 4.88. The van der Waals surface area contributed by atoms with Crippen LogP contribution in [-0.4, -0.2) is 23.6 Å². The van der Waals surface area contributed by atoms with Gasteiger partial charge in [-0.05, 0) is 25.8 Å². The molecule has 1 aliphatic rings. The summed E-state index contributed by atoms with van der Waals surface area (Å²) in [5, 5.41) is 0. The molecule has 0 aromatic heterocycles. The Morgan fingerprint density at radius 3 is 2.80 bits per heavy atom. The van der Waals surface area contributed by atoms with Crippen LogP contribution in [0.25, 0.3) is 0 Å². The first-order chi connectivity index (χ1) is 4.93. The minimum absolute atomic E-state index is 0.362. The number of rotatable bonds is 4. The van der Waals surface area contributed by atoms with Crippen molar-refractivity contribution in [1.82, 2.24) is 4.98 Å². The van der Waals surface area contributed by atoms with Crippen LogP contribution in [0.4, 0.5) is 0 Å². The van der Waals surface area contributed by atoms with Crippen LogP contribution >= 0.6 is 0 Å². The Kier molecular flexibility index (Phi) is 4.02. The third-order valence-electron chi connectivity index (χ3n) is 2.07. The van der Waals surface area contributed by atoms with E-state index in [4.69, 9.17) is 4.43 Å². The maximum Gasteiger partial charge on any atom is 0.235 e. The fourth-order valence-electron chi connectivity index (χ4n) is 1.50. The lowest BCUT2D eigenvalue weighted by Gasteiger charge is -2.08. The molecule has 2 nitrogen and oxygen atoms in total. The maximum atomic E-state index is 5.49. The van der Waals surface area contributed by atoms with Crippen LogP contribution in [0, 0.1) is 5.92 Å².